The van der Waals surface area contributed by atoms with Crippen LogP contribution >= 0.6 is 11.6 Å². The third-order valence-electron chi connectivity index (χ3n) is 3.76. The van der Waals surface area contributed by atoms with E-state index in [1.165, 1.54) is 22.5 Å². The molecular weight excluding hydrogens is 342 g/mol. The van der Waals surface area contributed by atoms with Crippen LogP contribution in [0.1, 0.15) is 12.8 Å². The number of hydrogen-bond acceptors (Lipinski definition) is 5. The molecule has 0 spiro atoms. The molecule has 0 bridgehead atoms. The lowest BCUT2D eigenvalue weighted by Gasteiger charge is -2.31. The van der Waals surface area contributed by atoms with Crippen molar-refractivity contribution in [1.29, 1.82) is 0 Å². The number of sulfonamides is 1. The summed E-state index contributed by atoms with van der Waals surface area (Å²) in [6, 6.07) is 4.16. The van der Waals surface area contributed by atoms with E-state index in [1.807, 2.05) is 0 Å². The van der Waals surface area contributed by atoms with E-state index in [1.54, 1.807) is 7.05 Å². The van der Waals surface area contributed by atoms with Crippen molar-refractivity contribution in [2.45, 2.75) is 23.8 Å². The summed E-state index contributed by atoms with van der Waals surface area (Å²) < 4.78 is 32.4. The quantitative estimate of drug-likeness (QED) is 0.771. The van der Waals surface area contributed by atoms with Gasteiger partial charge in [0.05, 0.1) is 0 Å². The Hall–Kier alpha value is -1.35. The molecule has 1 aromatic carbocycles. The molecule has 1 aliphatic rings. The highest BCUT2D eigenvalue weighted by atomic mass is 35.5. The van der Waals surface area contributed by atoms with Crippen LogP contribution in [0.15, 0.2) is 23.1 Å². The van der Waals surface area contributed by atoms with Gasteiger partial charge in [0, 0.05) is 18.1 Å². The maximum atomic E-state index is 12.9. The topological polar surface area (TPSA) is 102 Å². The molecule has 1 aromatic rings. The highest BCUT2D eigenvalue weighted by Gasteiger charge is 2.31. The second kappa shape index (κ2) is 7.48. The monoisotopic (exact) mass is 361 g/mol. The predicted octanol–water partition coefficient (Wildman–Crippen LogP) is 0.577. The Morgan fingerprint density at radius 1 is 1.43 bits per heavy atom. The minimum absolute atomic E-state index is 0.0627. The fourth-order valence-electron chi connectivity index (χ4n) is 2.47. The summed E-state index contributed by atoms with van der Waals surface area (Å²) in [5.41, 5.74) is 5.05. The Bertz CT molecular complexity index is 675. The maximum absolute atomic E-state index is 12.9. The van der Waals surface area contributed by atoms with E-state index in [4.69, 9.17) is 22.1 Å². The van der Waals surface area contributed by atoms with Crippen LogP contribution in [0, 0.1) is 0 Å². The number of nitrogens with two attached hydrogens (primary N) is 1. The normalized spacial score (nSPS) is 16.5. The lowest BCUT2D eigenvalue weighted by Crippen LogP contribution is -2.44. The van der Waals surface area contributed by atoms with Crippen LogP contribution in [0.25, 0.3) is 0 Å². The van der Waals surface area contributed by atoms with Gasteiger partial charge in [-0.3, -0.25) is 4.79 Å². The number of carbonyl (C=O) groups excluding carboxylic acids is 1. The molecule has 1 amide bonds. The number of benzene rings is 1. The van der Waals surface area contributed by atoms with Crippen LogP contribution in [-0.2, 0) is 14.8 Å². The Kier molecular flexibility index (Phi) is 5.85. The van der Waals surface area contributed by atoms with Crippen LogP contribution in [0.4, 0.5) is 0 Å². The molecule has 1 aliphatic heterocycles. The number of nitrogens with one attached hydrogen (secondary N) is 1. The summed E-state index contributed by atoms with van der Waals surface area (Å²) in [7, 11) is -2.25. The molecule has 0 radical (unpaired) electrons. The van der Waals surface area contributed by atoms with Gasteiger partial charge < -0.3 is 15.8 Å². The van der Waals surface area contributed by atoms with Crippen molar-refractivity contribution in [2.75, 3.05) is 26.7 Å². The van der Waals surface area contributed by atoms with E-state index in [2.05, 4.69) is 5.32 Å². The maximum Gasteiger partial charge on any atom is 0.255 e. The molecule has 1 saturated heterocycles. The Morgan fingerprint density at radius 3 is 2.70 bits per heavy atom. The first-order chi connectivity index (χ1) is 10.8. The molecule has 0 aromatic heterocycles. The molecular formula is C14H20ClN3O4S. The zero-order valence-electron chi connectivity index (χ0n) is 12.8. The van der Waals surface area contributed by atoms with Crippen molar-refractivity contribution in [1.82, 2.24) is 9.62 Å². The molecule has 7 nitrogen and oxygen atoms in total. The van der Waals surface area contributed by atoms with E-state index in [-0.39, 0.29) is 21.7 Å². The van der Waals surface area contributed by atoms with Crippen molar-refractivity contribution >= 4 is 27.5 Å². The van der Waals surface area contributed by atoms with Crippen LogP contribution in [0.3, 0.4) is 0 Å². The lowest BCUT2D eigenvalue weighted by atomic mass is 10.1. The summed E-state index contributed by atoms with van der Waals surface area (Å²) in [5.74, 6) is -0.621. The van der Waals surface area contributed by atoms with Crippen LogP contribution in [0.5, 0.6) is 5.75 Å². The number of carbonyl (C=O) groups is 1. The lowest BCUT2D eigenvalue weighted by molar-refractivity contribution is -0.120. The number of piperidine rings is 1. The van der Waals surface area contributed by atoms with Gasteiger partial charge >= 0.3 is 0 Å². The number of primary amides is 1. The first kappa shape index (κ1) is 18.0. The van der Waals surface area contributed by atoms with Gasteiger partial charge in [0.25, 0.3) is 5.91 Å². The number of hydrogen-bond donors (Lipinski definition) is 2. The van der Waals surface area contributed by atoms with Gasteiger partial charge in [-0.25, -0.2) is 8.42 Å². The van der Waals surface area contributed by atoms with Gasteiger partial charge in [0.2, 0.25) is 10.0 Å². The first-order valence-electron chi connectivity index (χ1n) is 7.22. The van der Waals surface area contributed by atoms with E-state index >= 15 is 0 Å². The van der Waals surface area contributed by atoms with Crippen LogP contribution < -0.4 is 15.8 Å². The minimum Gasteiger partial charge on any atom is -0.482 e. The fraction of sp³-hybridized carbons (Fsp3) is 0.500. The number of amides is 1. The average Bonchev–Trinajstić information content (AvgIpc) is 2.53. The standard InChI is InChI=1S/C14H20ClN3O4S/c1-18(11-4-6-17-7-5-11)23(20,21)13-8-10(15)2-3-12(13)22-9-14(16)19/h2-3,8,11,17H,4-7,9H2,1H3,(H2,16,19). The first-order valence-corrected chi connectivity index (χ1v) is 9.03. The van der Waals surface area contributed by atoms with E-state index < -0.39 is 22.5 Å². The summed E-state index contributed by atoms with van der Waals surface area (Å²) in [6.07, 6.45) is 1.46. The summed E-state index contributed by atoms with van der Waals surface area (Å²) in [4.78, 5) is 10.8. The molecule has 9 heteroatoms. The highest BCUT2D eigenvalue weighted by Crippen LogP contribution is 2.31. The van der Waals surface area contributed by atoms with Crippen molar-refractivity contribution < 1.29 is 17.9 Å². The van der Waals surface area contributed by atoms with Gasteiger partial charge in [-0.1, -0.05) is 11.6 Å². The van der Waals surface area contributed by atoms with Crippen LogP contribution in [0.2, 0.25) is 5.02 Å². The predicted molar refractivity (Wildman–Crippen MR) is 87.0 cm³/mol. The zero-order chi connectivity index (χ0) is 17.0. The molecule has 128 valence electrons. The number of nitrogens with zero attached hydrogens (tertiary/aromatic N) is 1. The minimum atomic E-state index is -3.80. The Labute approximate surface area is 140 Å². The fourth-order valence-corrected chi connectivity index (χ4v) is 4.28. The third kappa shape index (κ3) is 4.35. The van der Waals surface area contributed by atoms with Crippen molar-refractivity contribution in [2.24, 2.45) is 5.73 Å². The molecule has 0 saturated carbocycles. The molecule has 0 aliphatic carbocycles. The van der Waals surface area contributed by atoms with Crippen LogP contribution in [-0.4, -0.2) is 51.4 Å². The molecule has 2 rings (SSSR count). The summed E-state index contributed by atoms with van der Waals surface area (Å²) >= 11 is 5.94. The van der Waals surface area contributed by atoms with Gasteiger partial charge in [-0.05, 0) is 44.1 Å². The largest absolute Gasteiger partial charge is 0.482 e. The molecule has 1 fully saturated rings. The molecule has 23 heavy (non-hydrogen) atoms. The van der Waals surface area contributed by atoms with Gasteiger partial charge in [0.1, 0.15) is 10.6 Å². The zero-order valence-corrected chi connectivity index (χ0v) is 14.4. The molecule has 0 atom stereocenters. The Morgan fingerprint density at radius 2 is 2.09 bits per heavy atom. The van der Waals surface area contributed by atoms with E-state index in [0.717, 1.165) is 25.9 Å². The number of ether oxygens (including phenoxy) is 1. The van der Waals surface area contributed by atoms with Crippen molar-refractivity contribution in [3.05, 3.63) is 23.2 Å². The van der Waals surface area contributed by atoms with E-state index in [0.29, 0.717) is 0 Å². The average molecular weight is 362 g/mol. The Balaban J connectivity index is 2.33. The summed E-state index contributed by atoms with van der Waals surface area (Å²) in [5, 5.41) is 3.47. The number of halogens is 1. The van der Waals surface area contributed by atoms with Crippen molar-refractivity contribution in [3.63, 3.8) is 0 Å². The van der Waals surface area contributed by atoms with E-state index in [9.17, 15) is 13.2 Å². The molecule has 3 N–H and O–H groups in total. The van der Waals surface area contributed by atoms with Gasteiger partial charge in [-0.2, -0.15) is 4.31 Å². The van der Waals surface area contributed by atoms with Crippen molar-refractivity contribution in [3.8, 4) is 5.75 Å². The van der Waals surface area contributed by atoms with Gasteiger partial charge in [-0.15, -0.1) is 0 Å². The van der Waals surface area contributed by atoms with Gasteiger partial charge in [0.15, 0.2) is 6.61 Å². The molecule has 1 heterocycles. The second-order valence-corrected chi connectivity index (χ2v) is 7.75. The second-order valence-electron chi connectivity index (χ2n) is 5.35. The third-order valence-corrected chi connectivity index (χ3v) is 5.92. The number of rotatable bonds is 6. The molecule has 0 unspecified atom stereocenters. The SMILES string of the molecule is CN(C1CCNCC1)S(=O)(=O)c1cc(Cl)ccc1OCC(N)=O. The smallest absolute Gasteiger partial charge is 0.255 e. The highest BCUT2D eigenvalue weighted by molar-refractivity contribution is 7.89. The summed E-state index contributed by atoms with van der Waals surface area (Å²) in [6.45, 7) is 1.14.